The Hall–Kier alpha value is -2.13. The van der Waals surface area contributed by atoms with Crippen LogP contribution in [0.3, 0.4) is 0 Å². The fourth-order valence-corrected chi connectivity index (χ4v) is 3.93. The van der Waals surface area contributed by atoms with Gasteiger partial charge in [0.25, 0.3) is 0 Å². The van der Waals surface area contributed by atoms with E-state index in [9.17, 15) is 0 Å². The molecular weight excluding hydrogens is 282 g/mol. The van der Waals surface area contributed by atoms with Gasteiger partial charge < -0.3 is 15.2 Å². The van der Waals surface area contributed by atoms with Gasteiger partial charge in [0.05, 0.1) is 5.71 Å². The Morgan fingerprint density at radius 2 is 2.13 bits per heavy atom. The molecular formula is C20H23N3. The summed E-state index contributed by atoms with van der Waals surface area (Å²) < 4.78 is 0. The molecule has 1 N–H and O–H groups in total. The second kappa shape index (κ2) is 5.50. The molecule has 3 aliphatic rings. The van der Waals surface area contributed by atoms with Crippen LogP contribution < -0.4 is 0 Å². The quantitative estimate of drug-likeness (QED) is 0.685. The molecule has 4 rings (SSSR count). The molecule has 2 unspecified atom stereocenters. The molecule has 0 radical (unpaired) electrons. The zero-order valence-corrected chi connectivity index (χ0v) is 13.6. The molecule has 1 aliphatic carbocycles. The Kier molecular flexibility index (Phi) is 3.46. The average Bonchev–Trinajstić information content (AvgIpc) is 3.15. The molecule has 3 heteroatoms. The van der Waals surface area contributed by atoms with Gasteiger partial charge in [-0.3, -0.25) is 0 Å². The molecule has 2 saturated heterocycles. The Morgan fingerprint density at radius 1 is 1.26 bits per heavy atom. The zero-order chi connectivity index (χ0) is 16.0. The van der Waals surface area contributed by atoms with E-state index in [0.29, 0.717) is 11.8 Å². The van der Waals surface area contributed by atoms with Crippen molar-refractivity contribution < 1.29 is 0 Å². The van der Waals surface area contributed by atoms with E-state index in [1.165, 1.54) is 17.7 Å². The SMILES string of the molecule is C=C(/C=C\C(=N)c1ccc2c(c1)C=CC2)N1CC2CN(C)C2C1. The van der Waals surface area contributed by atoms with Crippen LogP contribution in [0.4, 0.5) is 0 Å². The summed E-state index contributed by atoms with van der Waals surface area (Å²) in [6.07, 6.45) is 9.21. The van der Waals surface area contributed by atoms with Gasteiger partial charge in [-0.2, -0.15) is 0 Å². The van der Waals surface area contributed by atoms with Gasteiger partial charge in [-0.15, -0.1) is 0 Å². The number of likely N-dealkylation sites (N-methyl/N-ethyl adjacent to an activating group) is 1. The van der Waals surface area contributed by atoms with Crippen LogP contribution in [0.2, 0.25) is 0 Å². The molecule has 2 atom stereocenters. The molecule has 0 aromatic heterocycles. The average molecular weight is 305 g/mol. The van der Waals surface area contributed by atoms with Crippen molar-refractivity contribution >= 4 is 11.8 Å². The first-order valence-corrected chi connectivity index (χ1v) is 8.32. The van der Waals surface area contributed by atoms with Crippen LogP contribution in [0.25, 0.3) is 6.08 Å². The van der Waals surface area contributed by atoms with E-state index < -0.39 is 0 Å². The topological polar surface area (TPSA) is 30.3 Å². The highest BCUT2D eigenvalue weighted by molar-refractivity contribution is 6.07. The molecule has 0 spiro atoms. The number of hydrogen-bond acceptors (Lipinski definition) is 3. The minimum atomic E-state index is 0.550. The van der Waals surface area contributed by atoms with Crippen molar-refractivity contribution in [3.05, 3.63) is 65.4 Å². The molecule has 118 valence electrons. The van der Waals surface area contributed by atoms with Crippen LogP contribution >= 0.6 is 0 Å². The Morgan fingerprint density at radius 3 is 2.91 bits per heavy atom. The first kappa shape index (κ1) is 14.5. The standard InChI is InChI=1S/C20H23N3/c1-14(23-12-18-11-22(2)20(18)13-23)6-9-19(21)17-8-7-15-4-3-5-16(15)10-17/h3,5-10,18,20-21H,1,4,11-13H2,2H3/b9-6-,21-19?. The van der Waals surface area contributed by atoms with Gasteiger partial charge in [0, 0.05) is 37.3 Å². The molecule has 2 fully saturated rings. The highest BCUT2D eigenvalue weighted by Gasteiger charge is 2.43. The Balaban J connectivity index is 1.41. The van der Waals surface area contributed by atoms with Gasteiger partial charge in [0.15, 0.2) is 0 Å². The number of rotatable bonds is 4. The van der Waals surface area contributed by atoms with Crippen LogP contribution in [-0.4, -0.2) is 48.2 Å². The van der Waals surface area contributed by atoms with Crippen molar-refractivity contribution in [3.8, 4) is 0 Å². The summed E-state index contributed by atoms with van der Waals surface area (Å²) in [5, 5.41) is 8.30. The number of likely N-dealkylation sites (tertiary alicyclic amines) is 2. The highest BCUT2D eigenvalue weighted by atomic mass is 15.3. The first-order valence-electron chi connectivity index (χ1n) is 8.32. The summed E-state index contributed by atoms with van der Waals surface area (Å²) in [6.45, 7) is 7.58. The molecule has 23 heavy (non-hydrogen) atoms. The van der Waals surface area contributed by atoms with Crippen molar-refractivity contribution in [2.75, 3.05) is 26.7 Å². The Bertz CT molecular complexity index is 728. The van der Waals surface area contributed by atoms with E-state index in [-0.39, 0.29) is 0 Å². The third-order valence-electron chi connectivity index (χ3n) is 5.44. The lowest BCUT2D eigenvalue weighted by Crippen LogP contribution is -2.52. The maximum atomic E-state index is 8.30. The summed E-state index contributed by atoms with van der Waals surface area (Å²) in [4.78, 5) is 4.77. The third kappa shape index (κ3) is 2.55. The van der Waals surface area contributed by atoms with Crippen LogP contribution in [0.15, 0.2) is 48.7 Å². The highest BCUT2D eigenvalue weighted by Crippen LogP contribution is 2.32. The maximum absolute atomic E-state index is 8.30. The van der Waals surface area contributed by atoms with Gasteiger partial charge in [0.1, 0.15) is 0 Å². The number of fused-ring (bicyclic) bond motifs is 2. The lowest BCUT2D eigenvalue weighted by molar-refractivity contribution is 0.0826. The molecule has 2 aliphatic heterocycles. The second-order valence-electron chi connectivity index (χ2n) is 6.93. The van der Waals surface area contributed by atoms with Crippen LogP contribution in [0.5, 0.6) is 0 Å². The van der Waals surface area contributed by atoms with Crippen LogP contribution in [0, 0.1) is 11.3 Å². The monoisotopic (exact) mass is 305 g/mol. The second-order valence-corrected chi connectivity index (χ2v) is 6.93. The molecule has 1 aromatic rings. The lowest BCUT2D eigenvalue weighted by Gasteiger charge is -2.40. The number of benzene rings is 1. The summed E-state index contributed by atoms with van der Waals surface area (Å²) >= 11 is 0. The number of nitrogens with one attached hydrogen (secondary N) is 1. The predicted octanol–water partition coefficient (Wildman–Crippen LogP) is 2.94. The van der Waals surface area contributed by atoms with Crippen molar-refractivity contribution in [1.82, 2.24) is 9.80 Å². The summed E-state index contributed by atoms with van der Waals surface area (Å²) in [5.74, 6) is 0.799. The maximum Gasteiger partial charge on any atom is 0.0613 e. The van der Waals surface area contributed by atoms with E-state index in [2.05, 4.69) is 47.7 Å². The van der Waals surface area contributed by atoms with Gasteiger partial charge in [0.2, 0.25) is 0 Å². The number of hydrogen-bond donors (Lipinski definition) is 1. The molecule has 3 nitrogen and oxygen atoms in total. The van der Waals surface area contributed by atoms with Crippen molar-refractivity contribution in [2.45, 2.75) is 12.5 Å². The van der Waals surface area contributed by atoms with Gasteiger partial charge in [-0.25, -0.2) is 0 Å². The van der Waals surface area contributed by atoms with E-state index in [1.54, 1.807) is 0 Å². The minimum absolute atomic E-state index is 0.550. The van der Waals surface area contributed by atoms with Gasteiger partial charge in [-0.05, 0) is 48.4 Å². The predicted molar refractivity (Wildman–Crippen MR) is 95.8 cm³/mol. The Labute approximate surface area is 138 Å². The smallest absolute Gasteiger partial charge is 0.0613 e. The van der Waals surface area contributed by atoms with E-state index in [1.807, 2.05) is 18.2 Å². The summed E-state index contributed by atoms with van der Waals surface area (Å²) in [6, 6.07) is 6.99. The fourth-order valence-electron chi connectivity index (χ4n) is 3.93. The van der Waals surface area contributed by atoms with E-state index >= 15 is 0 Å². The molecule has 2 heterocycles. The van der Waals surface area contributed by atoms with E-state index in [0.717, 1.165) is 36.7 Å². The van der Waals surface area contributed by atoms with Crippen molar-refractivity contribution in [2.24, 2.45) is 5.92 Å². The normalized spacial score (nSPS) is 25.5. The van der Waals surface area contributed by atoms with Crippen molar-refractivity contribution in [1.29, 1.82) is 5.41 Å². The number of nitrogens with zero attached hydrogens (tertiary/aromatic N) is 2. The summed E-state index contributed by atoms with van der Waals surface area (Å²) in [5.41, 5.74) is 5.15. The number of allylic oxidation sites excluding steroid dienone is 3. The largest absolute Gasteiger partial charge is 0.370 e. The zero-order valence-electron chi connectivity index (χ0n) is 13.6. The lowest BCUT2D eigenvalue weighted by atomic mass is 9.93. The molecule has 0 saturated carbocycles. The van der Waals surface area contributed by atoms with Gasteiger partial charge in [-0.1, -0.05) is 30.9 Å². The third-order valence-corrected chi connectivity index (χ3v) is 5.44. The molecule has 0 bridgehead atoms. The summed E-state index contributed by atoms with van der Waals surface area (Å²) in [7, 11) is 2.20. The van der Waals surface area contributed by atoms with Crippen molar-refractivity contribution in [3.63, 3.8) is 0 Å². The first-order chi connectivity index (χ1) is 11.1. The van der Waals surface area contributed by atoms with E-state index in [4.69, 9.17) is 5.41 Å². The van der Waals surface area contributed by atoms with Crippen LogP contribution in [0.1, 0.15) is 16.7 Å². The molecule has 1 aromatic carbocycles. The van der Waals surface area contributed by atoms with Crippen LogP contribution in [-0.2, 0) is 6.42 Å². The van der Waals surface area contributed by atoms with Gasteiger partial charge >= 0.3 is 0 Å². The minimum Gasteiger partial charge on any atom is -0.370 e. The molecule has 0 amide bonds. The fraction of sp³-hybridized carbons (Fsp3) is 0.350.